The Kier molecular flexibility index (Phi) is 13.5. The molecule has 2 aromatic heterocycles. The first kappa shape index (κ1) is 32.1. The second-order valence-electron chi connectivity index (χ2n) is 8.30. The molecule has 1 saturated carbocycles. The van der Waals surface area contributed by atoms with Gasteiger partial charge in [0.1, 0.15) is 4.21 Å². The minimum absolute atomic E-state index is 0. The van der Waals surface area contributed by atoms with E-state index in [4.69, 9.17) is 0 Å². The Hall–Kier alpha value is -0.890. The van der Waals surface area contributed by atoms with E-state index in [0.29, 0.717) is 23.9 Å². The van der Waals surface area contributed by atoms with Gasteiger partial charge in [-0.2, -0.15) is 18.3 Å². The van der Waals surface area contributed by atoms with E-state index in [0.717, 1.165) is 48.1 Å². The summed E-state index contributed by atoms with van der Waals surface area (Å²) in [6, 6.07) is 4.48. The van der Waals surface area contributed by atoms with Crippen molar-refractivity contribution >= 4 is 46.2 Å². The summed E-state index contributed by atoms with van der Waals surface area (Å²) in [5.41, 5.74) is -0.785. The predicted molar refractivity (Wildman–Crippen MR) is 138 cm³/mol. The van der Waals surface area contributed by atoms with Crippen molar-refractivity contribution in [3.63, 3.8) is 0 Å². The molecule has 1 fully saturated rings. The zero-order valence-electron chi connectivity index (χ0n) is 19.6. The van der Waals surface area contributed by atoms with Crippen LogP contribution in [0.1, 0.15) is 50.6 Å². The van der Waals surface area contributed by atoms with Crippen molar-refractivity contribution in [2.75, 3.05) is 26.2 Å². The molecule has 3 N–H and O–H groups in total. The van der Waals surface area contributed by atoms with Crippen molar-refractivity contribution in [1.29, 1.82) is 0 Å². The summed E-state index contributed by atoms with van der Waals surface area (Å²) in [6.07, 6.45) is 3.50. The number of nitrogens with zero attached hydrogens (tertiary/aromatic N) is 2. The number of sulfonamides is 1. The Morgan fingerprint density at radius 1 is 1.06 bits per heavy atom. The molecule has 0 aliphatic heterocycles. The molecule has 35 heavy (non-hydrogen) atoms. The molecule has 14 heteroatoms. The highest BCUT2D eigenvalue weighted by Gasteiger charge is 2.35. The minimum Gasteiger partial charge on any atom is -0.315 e. The third-order valence-electron chi connectivity index (χ3n) is 5.68. The van der Waals surface area contributed by atoms with Crippen LogP contribution in [0.5, 0.6) is 0 Å². The number of nitrogens with one attached hydrogen (secondary N) is 3. The van der Waals surface area contributed by atoms with Crippen molar-refractivity contribution in [2.24, 2.45) is 7.05 Å². The van der Waals surface area contributed by atoms with Gasteiger partial charge in [0.15, 0.2) is 5.69 Å². The third kappa shape index (κ3) is 9.83. The molecule has 0 unspecified atom stereocenters. The van der Waals surface area contributed by atoms with Crippen LogP contribution in [0.25, 0.3) is 10.6 Å². The number of alkyl halides is 3. The van der Waals surface area contributed by atoms with Crippen LogP contribution in [0, 0.1) is 0 Å². The average molecular weight is 581 g/mol. The molecule has 0 amide bonds. The van der Waals surface area contributed by atoms with Crippen LogP contribution < -0.4 is 15.4 Å². The van der Waals surface area contributed by atoms with E-state index < -0.39 is 21.9 Å². The zero-order chi connectivity index (χ0) is 23.9. The van der Waals surface area contributed by atoms with Gasteiger partial charge >= 0.3 is 6.18 Å². The standard InChI is InChI=1S/C21H32F3N5O2S2.2ClH/c1-29-17(15-19(28-29)21(22,23)24)18-9-10-20(32-18)33(30,31)27-12-6-5-11-25-13-14-26-16-7-3-2-4-8-16;;/h9-10,15-16,25-27H,2-8,11-14H2,1H3;2*1H. The molecule has 2 aromatic rings. The molecule has 0 saturated heterocycles. The van der Waals surface area contributed by atoms with Crippen LogP contribution in [0.15, 0.2) is 22.4 Å². The van der Waals surface area contributed by atoms with E-state index in [-0.39, 0.29) is 34.7 Å². The van der Waals surface area contributed by atoms with Crippen molar-refractivity contribution in [1.82, 2.24) is 25.1 Å². The minimum atomic E-state index is -4.55. The summed E-state index contributed by atoms with van der Waals surface area (Å²) in [5, 5.41) is 10.4. The largest absolute Gasteiger partial charge is 0.435 e. The van der Waals surface area contributed by atoms with E-state index in [1.807, 2.05) is 0 Å². The third-order valence-corrected chi connectivity index (χ3v) is 8.74. The van der Waals surface area contributed by atoms with Gasteiger partial charge in [-0.3, -0.25) is 4.68 Å². The molecule has 0 atom stereocenters. The maximum Gasteiger partial charge on any atom is 0.435 e. The number of unbranched alkanes of at least 4 members (excludes halogenated alkanes) is 1. The van der Waals surface area contributed by atoms with Gasteiger partial charge in [0.25, 0.3) is 0 Å². The number of thiophene rings is 1. The lowest BCUT2D eigenvalue weighted by molar-refractivity contribution is -0.141. The Morgan fingerprint density at radius 2 is 1.74 bits per heavy atom. The van der Waals surface area contributed by atoms with E-state index in [9.17, 15) is 21.6 Å². The lowest BCUT2D eigenvalue weighted by atomic mass is 9.95. The predicted octanol–water partition coefficient (Wildman–Crippen LogP) is 4.58. The van der Waals surface area contributed by atoms with Crippen molar-refractivity contribution in [3.05, 3.63) is 23.9 Å². The first-order valence-corrected chi connectivity index (χ1v) is 13.6. The number of hydrogen-bond donors (Lipinski definition) is 3. The Balaban J connectivity index is 0.00000306. The van der Waals surface area contributed by atoms with Crippen LogP contribution >= 0.6 is 36.2 Å². The van der Waals surface area contributed by atoms with E-state index in [2.05, 4.69) is 20.5 Å². The number of hydrogen-bond acceptors (Lipinski definition) is 6. The lowest BCUT2D eigenvalue weighted by Crippen LogP contribution is -2.36. The fourth-order valence-corrected chi connectivity index (χ4v) is 6.36. The summed E-state index contributed by atoms with van der Waals surface area (Å²) in [7, 11) is -2.31. The van der Waals surface area contributed by atoms with Gasteiger partial charge in [0.2, 0.25) is 10.0 Å². The first-order chi connectivity index (χ1) is 15.7. The monoisotopic (exact) mass is 579 g/mol. The van der Waals surface area contributed by atoms with Crippen LogP contribution in [-0.2, 0) is 23.2 Å². The smallest absolute Gasteiger partial charge is 0.315 e. The SMILES string of the molecule is Cl.Cl.Cn1nc(C(F)(F)F)cc1-c1ccc(S(=O)(=O)NCCCCNCCNC2CCCCC2)s1. The fraction of sp³-hybridized carbons (Fsp3) is 0.667. The van der Waals surface area contributed by atoms with Gasteiger partial charge in [-0.1, -0.05) is 19.3 Å². The second-order valence-corrected chi connectivity index (χ2v) is 11.4. The van der Waals surface area contributed by atoms with Crippen LogP contribution in [-0.4, -0.2) is 50.4 Å². The molecule has 0 aromatic carbocycles. The highest BCUT2D eigenvalue weighted by Crippen LogP contribution is 2.35. The maximum atomic E-state index is 12.9. The van der Waals surface area contributed by atoms with Gasteiger partial charge in [0.05, 0.1) is 10.6 Å². The van der Waals surface area contributed by atoms with E-state index in [1.165, 1.54) is 51.3 Å². The molecule has 2 heterocycles. The summed E-state index contributed by atoms with van der Waals surface area (Å²) < 4.78 is 67.4. The van der Waals surface area contributed by atoms with Gasteiger partial charge in [-0.15, -0.1) is 36.2 Å². The summed E-state index contributed by atoms with van der Waals surface area (Å²) >= 11 is 0.922. The quantitative estimate of drug-likeness (QED) is 0.320. The Bertz CT molecular complexity index is 993. The van der Waals surface area contributed by atoms with Crippen LogP contribution in [0.4, 0.5) is 13.2 Å². The second kappa shape index (κ2) is 14.7. The molecule has 3 rings (SSSR count). The van der Waals surface area contributed by atoms with Crippen LogP contribution in [0.2, 0.25) is 0 Å². The van der Waals surface area contributed by atoms with Crippen LogP contribution in [0.3, 0.4) is 0 Å². The molecule has 0 bridgehead atoms. The topological polar surface area (TPSA) is 88.0 Å². The summed E-state index contributed by atoms with van der Waals surface area (Å²) in [6.45, 7) is 2.96. The van der Waals surface area contributed by atoms with Crippen molar-refractivity contribution in [2.45, 2.75) is 61.4 Å². The Morgan fingerprint density at radius 3 is 2.40 bits per heavy atom. The van der Waals surface area contributed by atoms with Gasteiger partial charge in [-0.05, 0) is 50.4 Å². The van der Waals surface area contributed by atoms with Gasteiger partial charge in [0, 0.05) is 32.7 Å². The molecule has 7 nitrogen and oxygen atoms in total. The van der Waals surface area contributed by atoms with Gasteiger partial charge in [-0.25, -0.2) is 13.1 Å². The average Bonchev–Trinajstić information content (AvgIpc) is 3.40. The summed E-state index contributed by atoms with van der Waals surface area (Å²) in [5.74, 6) is 0. The van der Waals surface area contributed by atoms with E-state index in [1.54, 1.807) is 0 Å². The highest BCUT2D eigenvalue weighted by molar-refractivity contribution is 7.91. The first-order valence-electron chi connectivity index (χ1n) is 11.3. The Labute approximate surface area is 221 Å². The fourth-order valence-electron chi connectivity index (χ4n) is 3.89. The molecule has 202 valence electrons. The normalized spacial score (nSPS) is 15.0. The van der Waals surface area contributed by atoms with Crippen molar-refractivity contribution < 1.29 is 21.6 Å². The maximum absolute atomic E-state index is 12.9. The number of rotatable bonds is 12. The number of halogens is 5. The molecule has 1 aliphatic rings. The molecule has 0 radical (unpaired) electrons. The lowest BCUT2D eigenvalue weighted by Gasteiger charge is -2.22. The zero-order valence-corrected chi connectivity index (χ0v) is 22.8. The molecular weight excluding hydrogens is 546 g/mol. The van der Waals surface area contributed by atoms with Crippen molar-refractivity contribution in [3.8, 4) is 10.6 Å². The van der Waals surface area contributed by atoms with Gasteiger partial charge < -0.3 is 10.6 Å². The number of aryl methyl sites for hydroxylation is 1. The molecule has 1 aliphatic carbocycles. The number of aromatic nitrogens is 2. The molecular formula is C21H34Cl2F3N5O2S2. The summed E-state index contributed by atoms with van der Waals surface area (Å²) in [4.78, 5) is 0.409. The van der Waals surface area contributed by atoms with E-state index >= 15 is 0 Å². The highest BCUT2D eigenvalue weighted by atomic mass is 35.5. The molecule has 0 spiro atoms.